The molecular formula is C18H20N2O3S. The van der Waals surface area contributed by atoms with E-state index >= 15 is 0 Å². The molecule has 0 bridgehead atoms. The van der Waals surface area contributed by atoms with E-state index in [4.69, 9.17) is 4.74 Å². The maximum atomic E-state index is 12.0. The quantitative estimate of drug-likeness (QED) is 0.748. The molecule has 6 heteroatoms. The maximum Gasteiger partial charge on any atom is 0.328 e. The molecule has 24 heavy (non-hydrogen) atoms. The zero-order chi connectivity index (χ0) is 17.2. The molecule has 0 fully saturated rings. The minimum absolute atomic E-state index is 0.188. The number of hydrogen-bond acceptors (Lipinski definition) is 5. The highest BCUT2D eigenvalue weighted by molar-refractivity contribution is 7.07. The van der Waals surface area contributed by atoms with Crippen LogP contribution in [-0.2, 0) is 20.7 Å². The second kappa shape index (κ2) is 9.62. The van der Waals surface area contributed by atoms with E-state index < -0.39 is 12.0 Å². The molecule has 1 aromatic carbocycles. The molecule has 0 saturated heterocycles. The highest BCUT2D eigenvalue weighted by Gasteiger charge is 2.20. The topological polar surface area (TPSA) is 68.3 Å². The van der Waals surface area contributed by atoms with Crippen LogP contribution in [0.3, 0.4) is 0 Å². The van der Waals surface area contributed by atoms with Gasteiger partial charge in [0.05, 0.1) is 18.3 Å². The molecule has 1 aromatic heterocycles. The Morgan fingerprint density at radius 2 is 2.12 bits per heavy atom. The third kappa shape index (κ3) is 5.96. The van der Waals surface area contributed by atoms with Gasteiger partial charge in [0.25, 0.3) is 0 Å². The molecule has 2 rings (SSSR count). The van der Waals surface area contributed by atoms with Crippen LogP contribution < -0.4 is 5.32 Å². The molecule has 5 nitrogen and oxygen atoms in total. The number of carbonyl (C=O) groups excluding carboxylic acids is 2. The Kier molecular flexibility index (Phi) is 7.17. The van der Waals surface area contributed by atoms with Crippen molar-refractivity contribution in [3.8, 4) is 0 Å². The van der Waals surface area contributed by atoms with E-state index in [0.29, 0.717) is 19.3 Å². The second-order valence-corrected chi connectivity index (χ2v) is 5.89. The highest BCUT2D eigenvalue weighted by atomic mass is 32.1. The molecule has 0 saturated carbocycles. The number of rotatable bonds is 8. The van der Waals surface area contributed by atoms with Crippen LogP contribution in [-0.4, -0.2) is 30.0 Å². The number of nitrogens with zero attached hydrogens (tertiary/aromatic N) is 1. The van der Waals surface area contributed by atoms with Crippen molar-refractivity contribution in [2.24, 2.45) is 0 Å². The number of methoxy groups -OCH3 is 1. The summed E-state index contributed by atoms with van der Waals surface area (Å²) < 4.78 is 4.77. The standard InChI is InChI=1S/C18H20N2O3S/c1-23-18(22)16(9-5-8-14-6-3-2-4-7-14)20-17(21)11-10-15-12-24-13-19-15/h2-8,12-13,16H,9-11H2,1H3,(H,20,21)/b8-5+. The molecule has 1 atom stereocenters. The van der Waals surface area contributed by atoms with Gasteiger partial charge in [0, 0.05) is 11.8 Å². The minimum atomic E-state index is -0.683. The lowest BCUT2D eigenvalue weighted by molar-refractivity contribution is -0.145. The molecule has 0 aliphatic heterocycles. The summed E-state index contributed by atoms with van der Waals surface area (Å²) in [5.74, 6) is -0.638. The van der Waals surface area contributed by atoms with Crippen LogP contribution in [0.15, 0.2) is 47.3 Å². The number of aromatic nitrogens is 1. The molecule has 0 aliphatic carbocycles. The van der Waals surface area contributed by atoms with Gasteiger partial charge in [-0.3, -0.25) is 4.79 Å². The van der Waals surface area contributed by atoms with Crippen LogP contribution in [0, 0.1) is 0 Å². The number of ether oxygens (including phenoxy) is 1. The molecule has 126 valence electrons. The van der Waals surface area contributed by atoms with E-state index in [1.54, 1.807) is 5.51 Å². The van der Waals surface area contributed by atoms with Gasteiger partial charge < -0.3 is 10.1 Å². The van der Waals surface area contributed by atoms with Crippen molar-refractivity contribution >= 4 is 29.3 Å². The molecule has 1 heterocycles. The minimum Gasteiger partial charge on any atom is -0.467 e. The Morgan fingerprint density at radius 3 is 2.79 bits per heavy atom. The number of amides is 1. The van der Waals surface area contributed by atoms with Crippen molar-refractivity contribution in [3.05, 3.63) is 58.6 Å². The molecule has 1 amide bonds. The van der Waals surface area contributed by atoms with Crippen LogP contribution in [0.2, 0.25) is 0 Å². The van der Waals surface area contributed by atoms with Gasteiger partial charge in [0.1, 0.15) is 6.04 Å². The summed E-state index contributed by atoms with van der Waals surface area (Å²) in [4.78, 5) is 28.0. The number of hydrogen-bond donors (Lipinski definition) is 1. The van der Waals surface area contributed by atoms with Crippen LogP contribution in [0.25, 0.3) is 6.08 Å². The Morgan fingerprint density at radius 1 is 1.33 bits per heavy atom. The van der Waals surface area contributed by atoms with Crippen LogP contribution >= 0.6 is 11.3 Å². The first kappa shape index (κ1) is 17.9. The van der Waals surface area contributed by atoms with Crippen LogP contribution in [0.4, 0.5) is 0 Å². The van der Waals surface area contributed by atoms with Crippen LogP contribution in [0.1, 0.15) is 24.1 Å². The van der Waals surface area contributed by atoms with Gasteiger partial charge in [0.2, 0.25) is 5.91 Å². The summed E-state index contributed by atoms with van der Waals surface area (Å²) in [5.41, 5.74) is 3.66. The number of carbonyl (C=O) groups is 2. The number of esters is 1. The van der Waals surface area contributed by atoms with Gasteiger partial charge in [0.15, 0.2) is 0 Å². The van der Waals surface area contributed by atoms with E-state index in [1.807, 2.05) is 47.9 Å². The fourth-order valence-electron chi connectivity index (χ4n) is 2.13. The summed E-state index contributed by atoms with van der Waals surface area (Å²) in [7, 11) is 1.32. The Bertz CT molecular complexity index is 669. The van der Waals surface area contributed by atoms with Crippen molar-refractivity contribution in [1.29, 1.82) is 0 Å². The summed E-state index contributed by atoms with van der Waals surface area (Å²) in [6.07, 6.45) is 5.00. The fraction of sp³-hybridized carbons (Fsp3) is 0.278. The van der Waals surface area contributed by atoms with Crippen molar-refractivity contribution < 1.29 is 14.3 Å². The Hall–Kier alpha value is -2.47. The van der Waals surface area contributed by atoms with Gasteiger partial charge in [-0.25, -0.2) is 9.78 Å². The molecular weight excluding hydrogens is 324 g/mol. The second-order valence-electron chi connectivity index (χ2n) is 5.17. The Balaban J connectivity index is 1.86. The van der Waals surface area contributed by atoms with Crippen molar-refractivity contribution in [2.45, 2.75) is 25.3 Å². The van der Waals surface area contributed by atoms with Crippen molar-refractivity contribution in [3.63, 3.8) is 0 Å². The van der Waals surface area contributed by atoms with E-state index in [0.717, 1.165) is 11.3 Å². The van der Waals surface area contributed by atoms with Crippen molar-refractivity contribution in [2.75, 3.05) is 7.11 Å². The zero-order valence-electron chi connectivity index (χ0n) is 13.5. The number of aryl methyl sites for hydroxylation is 1. The third-order valence-electron chi connectivity index (χ3n) is 3.39. The van der Waals surface area contributed by atoms with Crippen molar-refractivity contribution in [1.82, 2.24) is 10.3 Å². The molecule has 0 aliphatic rings. The van der Waals surface area contributed by atoms with E-state index in [9.17, 15) is 9.59 Å². The lowest BCUT2D eigenvalue weighted by Gasteiger charge is -2.14. The predicted molar refractivity (Wildman–Crippen MR) is 94.5 cm³/mol. The van der Waals surface area contributed by atoms with Crippen LogP contribution in [0.5, 0.6) is 0 Å². The summed E-state index contributed by atoms with van der Waals surface area (Å²) in [6.45, 7) is 0. The van der Waals surface area contributed by atoms with E-state index in [1.165, 1.54) is 18.4 Å². The normalized spacial score (nSPS) is 12.0. The van der Waals surface area contributed by atoms with Gasteiger partial charge in [-0.1, -0.05) is 42.5 Å². The van der Waals surface area contributed by atoms with Gasteiger partial charge in [-0.2, -0.15) is 0 Å². The van der Waals surface area contributed by atoms with Gasteiger partial charge in [-0.15, -0.1) is 11.3 Å². The smallest absolute Gasteiger partial charge is 0.328 e. The van der Waals surface area contributed by atoms with E-state index in [2.05, 4.69) is 10.3 Å². The van der Waals surface area contributed by atoms with E-state index in [-0.39, 0.29) is 5.91 Å². The lowest BCUT2D eigenvalue weighted by Crippen LogP contribution is -2.41. The van der Waals surface area contributed by atoms with Gasteiger partial charge in [-0.05, 0) is 18.4 Å². The largest absolute Gasteiger partial charge is 0.467 e. The Labute approximate surface area is 145 Å². The third-order valence-corrected chi connectivity index (χ3v) is 4.03. The molecule has 2 aromatic rings. The summed E-state index contributed by atoms with van der Waals surface area (Å²) in [5, 5.41) is 4.64. The average molecular weight is 344 g/mol. The molecule has 1 unspecified atom stereocenters. The van der Waals surface area contributed by atoms with Gasteiger partial charge >= 0.3 is 5.97 Å². The zero-order valence-corrected chi connectivity index (χ0v) is 14.3. The molecule has 1 N–H and O–H groups in total. The predicted octanol–water partition coefficient (Wildman–Crippen LogP) is 2.84. The SMILES string of the molecule is COC(=O)C(C/C=C/c1ccccc1)NC(=O)CCc1cscn1. The first-order valence-electron chi connectivity index (χ1n) is 7.65. The molecule has 0 radical (unpaired) electrons. The monoisotopic (exact) mass is 344 g/mol. The fourth-order valence-corrected chi connectivity index (χ4v) is 2.72. The summed E-state index contributed by atoms with van der Waals surface area (Å²) in [6, 6.07) is 9.08. The molecule has 0 spiro atoms. The first-order valence-corrected chi connectivity index (χ1v) is 8.59. The first-order chi connectivity index (χ1) is 11.7. The highest BCUT2D eigenvalue weighted by Crippen LogP contribution is 2.06. The lowest BCUT2D eigenvalue weighted by atomic mass is 10.1. The maximum absolute atomic E-state index is 12.0. The number of nitrogens with one attached hydrogen (secondary N) is 1. The average Bonchev–Trinajstić information content (AvgIpc) is 3.13. The number of benzene rings is 1. The summed E-state index contributed by atoms with van der Waals surface area (Å²) >= 11 is 1.50. The number of thiazole rings is 1.